The molecule has 0 amide bonds. The van der Waals surface area contributed by atoms with E-state index in [-0.39, 0.29) is 0 Å². The third kappa shape index (κ3) is 2.74. The van der Waals surface area contributed by atoms with Crippen molar-refractivity contribution in [1.29, 1.82) is 0 Å². The average Bonchev–Trinajstić information content (AvgIpc) is 2.81. The highest BCUT2D eigenvalue weighted by atomic mass is 32.1. The molecule has 2 aromatic carbocycles. The molecule has 0 aliphatic heterocycles. The molecule has 1 aromatic heterocycles. The van der Waals surface area contributed by atoms with Crippen molar-refractivity contribution in [2.45, 2.75) is 6.61 Å². The molecule has 3 N–H and O–H groups in total. The van der Waals surface area contributed by atoms with Crippen molar-refractivity contribution >= 4 is 38.1 Å². The number of nitrogens with zero attached hydrogens (tertiary/aromatic N) is 1. The molecule has 0 fully saturated rings. The summed E-state index contributed by atoms with van der Waals surface area (Å²) in [5.74, 6) is 0. The molecule has 0 saturated heterocycles. The van der Waals surface area contributed by atoms with Gasteiger partial charge in [-0.3, -0.25) is 0 Å². The predicted molar refractivity (Wildman–Crippen MR) is 84.5 cm³/mol. The van der Waals surface area contributed by atoms with E-state index in [1.54, 1.807) is 18.4 Å². The lowest BCUT2D eigenvalue weighted by Crippen LogP contribution is -1.92. The van der Waals surface area contributed by atoms with Gasteiger partial charge in [0.05, 0.1) is 16.8 Å². The van der Waals surface area contributed by atoms with Gasteiger partial charge < -0.3 is 15.8 Å². The zero-order valence-electron chi connectivity index (χ0n) is 11.1. The number of methoxy groups -OCH3 is 1. The maximum absolute atomic E-state index is 5.78. The van der Waals surface area contributed by atoms with E-state index < -0.39 is 0 Å². The molecular weight excluding hydrogens is 270 g/mol. The third-order valence-corrected chi connectivity index (χ3v) is 3.84. The van der Waals surface area contributed by atoms with E-state index in [0.717, 1.165) is 32.3 Å². The maximum Gasteiger partial charge on any atom is 0.188 e. The smallest absolute Gasteiger partial charge is 0.188 e. The third-order valence-electron chi connectivity index (χ3n) is 2.90. The van der Waals surface area contributed by atoms with E-state index in [9.17, 15) is 0 Å². The van der Waals surface area contributed by atoms with Gasteiger partial charge >= 0.3 is 0 Å². The Balaban J connectivity index is 1.87. The van der Waals surface area contributed by atoms with Crippen LogP contribution in [0.5, 0.6) is 0 Å². The molecule has 1 heterocycles. The quantitative estimate of drug-likeness (QED) is 0.716. The number of fused-ring (bicyclic) bond motifs is 1. The molecule has 0 unspecified atom stereocenters. The predicted octanol–water partition coefficient (Wildman–Crippen LogP) is 3.77. The van der Waals surface area contributed by atoms with Gasteiger partial charge in [0.2, 0.25) is 0 Å². The molecule has 3 rings (SSSR count). The summed E-state index contributed by atoms with van der Waals surface area (Å²) in [7, 11) is 1.69. The summed E-state index contributed by atoms with van der Waals surface area (Å²) < 4.78 is 6.22. The van der Waals surface area contributed by atoms with Gasteiger partial charge in [0.25, 0.3) is 0 Å². The number of hydrogen-bond acceptors (Lipinski definition) is 5. The topological polar surface area (TPSA) is 60.2 Å². The van der Waals surface area contributed by atoms with Crippen LogP contribution in [0.4, 0.5) is 16.5 Å². The molecule has 0 radical (unpaired) electrons. The second-order valence-electron chi connectivity index (χ2n) is 4.50. The number of nitrogens with one attached hydrogen (secondary N) is 1. The largest absolute Gasteiger partial charge is 0.399 e. The number of rotatable bonds is 4. The van der Waals surface area contributed by atoms with Gasteiger partial charge in [-0.2, -0.15) is 0 Å². The Labute approximate surface area is 121 Å². The van der Waals surface area contributed by atoms with Crippen molar-refractivity contribution in [2.24, 2.45) is 0 Å². The van der Waals surface area contributed by atoms with Crippen LogP contribution in [0.15, 0.2) is 42.5 Å². The van der Waals surface area contributed by atoms with Crippen molar-refractivity contribution in [1.82, 2.24) is 4.98 Å². The van der Waals surface area contributed by atoms with E-state index in [0.29, 0.717) is 6.61 Å². The van der Waals surface area contributed by atoms with Crippen LogP contribution in [0.25, 0.3) is 10.2 Å². The molecule has 0 spiro atoms. The van der Waals surface area contributed by atoms with Crippen molar-refractivity contribution in [3.63, 3.8) is 0 Å². The minimum absolute atomic E-state index is 0.603. The monoisotopic (exact) mass is 285 g/mol. The van der Waals surface area contributed by atoms with Crippen molar-refractivity contribution in [3.05, 3.63) is 48.0 Å². The molecule has 0 aliphatic carbocycles. The number of anilines is 3. The van der Waals surface area contributed by atoms with Crippen LogP contribution >= 0.6 is 11.3 Å². The molecule has 0 bridgehead atoms. The lowest BCUT2D eigenvalue weighted by molar-refractivity contribution is 0.185. The first-order valence-electron chi connectivity index (χ1n) is 6.25. The SMILES string of the molecule is COCc1cccc(Nc2nc3ccc(N)cc3s2)c1. The van der Waals surface area contributed by atoms with Crippen LogP contribution < -0.4 is 11.1 Å². The summed E-state index contributed by atoms with van der Waals surface area (Å²) in [4.78, 5) is 4.55. The zero-order valence-corrected chi connectivity index (χ0v) is 11.9. The summed E-state index contributed by atoms with van der Waals surface area (Å²) in [6.07, 6.45) is 0. The summed E-state index contributed by atoms with van der Waals surface area (Å²) in [6.45, 7) is 0.603. The Morgan fingerprint density at radius 2 is 2.15 bits per heavy atom. The Morgan fingerprint density at radius 3 is 3.00 bits per heavy atom. The van der Waals surface area contributed by atoms with E-state index in [1.807, 2.05) is 36.4 Å². The van der Waals surface area contributed by atoms with Crippen LogP contribution in [0.3, 0.4) is 0 Å². The number of aromatic nitrogens is 1. The summed E-state index contributed by atoms with van der Waals surface area (Å²) in [5.41, 5.74) is 9.63. The van der Waals surface area contributed by atoms with E-state index in [1.165, 1.54) is 0 Å². The minimum Gasteiger partial charge on any atom is -0.399 e. The van der Waals surface area contributed by atoms with Crippen LogP contribution in [-0.2, 0) is 11.3 Å². The molecule has 0 atom stereocenters. The standard InChI is InChI=1S/C15H15N3OS/c1-19-9-10-3-2-4-12(7-10)17-15-18-13-6-5-11(16)8-14(13)20-15/h2-8H,9,16H2,1H3,(H,17,18). The fourth-order valence-electron chi connectivity index (χ4n) is 2.02. The first kappa shape index (κ1) is 12.9. The molecule has 102 valence electrons. The van der Waals surface area contributed by atoms with Crippen LogP contribution in [0.2, 0.25) is 0 Å². The van der Waals surface area contributed by atoms with Gasteiger partial charge in [-0.05, 0) is 35.9 Å². The van der Waals surface area contributed by atoms with Crippen LogP contribution in [0, 0.1) is 0 Å². The van der Waals surface area contributed by atoms with Gasteiger partial charge in [-0.25, -0.2) is 4.98 Å². The summed E-state index contributed by atoms with van der Waals surface area (Å²) in [5, 5.41) is 4.18. The molecule has 0 saturated carbocycles. The highest BCUT2D eigenvalue weighted by Gasteiger charge is 2.04. The molecule has 4 nitrogen and oxygen atoms in total. The Kier molecular flexibility index (Phi) is 3.54. The normalized spacial score (nSPS) is 10.8. The number of thiazole rings is 1. The lowest BCUT2D eigenvalue weighted by Gasteiger charge is -2.05. The molecule has 5 heteroatoms. The number of nitrogen functional groups attached to an aromatic ring is 1. The Hall–Kier alpha value is -2.11. The fraction of sp³-hybridized carbons (Fsp3) is 0.133. The maximum atomic E-state index is 5.78. The van der Waals surface area contributed by atoms with Gasteiger partial charge in [-0.15, -0.1) is 0 Å². The van der Waals surface area contributed by atoms with Gasteiger partial charge in [0, 0.05) is 18.5 Å². The van der Waals surface area contributed by atoms with Crippen molar-refractivity contribution in [2.75, 3.05) is 18.2 Å². The summed E-state index contributed by atoms with van der Waals surface area (Å²) >= 11 is 1.59. The Morgan fingerprint density at radius 1 is 1.25 bits per heavy atom. The highest BCUT2D eigenvalue weighted by molar-refractivity contribution is 7.22. The first-order valence-corrected chi connectivity index (χ1v) is 7.07. The second kappa shape index (κ2) is 5.48. The fourth-order valence-corrected chi connectivity index (χ4v) is 2.96. The molecule has 0 aliphatic rings. The zero-order chi connectivity index (χ0) is 13.9. The molecule has 20 heavy (non-hydrogen) atoms. The van der Waals surface area contributed by atoms with Gasteiger partial charge in [0.15, 0.2) is 5.13 Å². The molecule has 3 aromatic rings. The number of nitrogens with two attached hydrogens (primary N) is 1. The summed E-state index contributed by atoms with van der Waals surface area (Å²) in [6, 6.07) is 13.9. The lowest BCUT2D eigenvalue weighted by atomic mass is 10.2. The number of ether oxygens (including phenoxy) is 1. The number of benzene rings is 2. The number of hydrogen-bond donors (Lipinski definition) is 2. The van der Waals surface area contributed by atoms with Gasteiger partial charge in [0.1, 0.15) is 0 Å². The average molecular weight is 285 g/mol. The second-order valence-corrected chi connectivity index (χ2v) is 5.54. The Bertz CT molecular complexity index is 739. The minimum atomic E-state index is 0.603. The van der Waals surface area contributed by atoms with E-state index >= 15 is 0 Å². The first-order chi connectivity index (χ1) is 9.74. The molecular formula is C15H15N3OS. The highest BCUT2D eigenvalue weighted by Crippen LogP contribution is 2.29. The van der Waals surface area contributed by atoms with Crippen molar-refractivity contribution in [3.8, 4) is 0 Å². The van der Waals surface area contributed by atoms with Gasteiger partial charge in [-0.1, -0.05) is 23.5 Å². The van der Waals surface area contributed by atoms with Crippen molar-refractivity contribution < 1.29 is 4.74 Å². The van der Waals surface area contributed by atoms with Crippen LogP contribution in [-0.4, -0.2) is 12.1 Å². The van der Waals surface area contributed by atoms with E-state index in [2.05, 4.69) is 16.4 Å². The van der Waals surface area contributed by atoms with Crippen LogP contribution in [0.1, 0.15) is 5.56 Å². The van der Waals surface area contributed by atoms with E-state index in [4.69, 9.17) is 10.5 Å².